The molecule has 0 bridgehead atoms. The van der Waals surface area contributed by atoms with Crippen molar-refractivity contribution in [1.82, 2.24) is 10.6 Å². The third-order valence-electron chi connectivity index (χ3n) is 4.98. The van der Waals surface area contributed by atoms with E-state index in [4.69, 9.17) is 16.0 Å². The van der Waals surface area contributed by atoms with E-state index in [2.05, 4.69) is 10.6 Å². The molecule has 3 aromatic rings. The summed E-state index contributed by atoms with van der Waals surface area (Å²) < 4.78 is 5.96. The molecule has 5 nitrogen and oxygen atoms in total. The Bertz CT molecular complexity index is 1050. The van der Waals surface area contributed by atoms with Gasteiger partial charge in [-0.2, -0.15) is 11.8 Å². The van der Waals surface area contributed by atoms with Gasteiger partial charge in [-0.3, -0.25) is 9.59 Å². The van der Waals surface area contributed by atoms with Crippen molar-refractivity contribution in [2.75, 3.05) is 12.0 Å². The van der Waals surface area contributed by atoms with Gasteiger partial charge in [0.15, 0.2) is 0 Å². The number of halogens is 1. The predicted molar refractivity (Wildman–Crippen MR) is 123 cm³/mol. The first-order valence-electron chi connectivity index (χ1n) is 9.75. The van der Waals surface area contributed by atoms with Crippen molar-refractivity contribution in [3.8, 4) is 0 Å². The molecule has 2 unspecified atom stereocenters. The van der Waals surface area contributed by atoms with Gasteiger partial charge in [0.2, 0.25) is 5.91 Å². The van der Waals surface area contributed by atoms with Gasteiger partial charge in [0.05, 0.1) is 16.6 Å². The van der Waals surface area contributed by atoms with Gasteiger partial charge in [0.25, 0.3) is 5.91 Å². The number of aryl methyl sites for hydroxylation is 1. The number of benzene rings is 2. The number of nitrogens with one attached hydrogen (secondary N) is 2. The highest BCUT2D eigenvalue weighted by Gasteiger charge is 2.25. The summed E-state index contributed by atoms with van der Waals surface area (Å²) in [6, 6.07) is 13.6. The Morgan fingerprint density at radius 3 is 2.50 bits per heavy atom. The minimum atomic E-state index is -0.673. The van der Waals surface area contributed by atoms with Crippen LogP contribution in [-0.4, -0.2) is 29.9 Å². The lowest BCUT2D eigenvalue weighted by molar-refractivity contribution is -0.123. The summed E-state index contributed by atoms with van der Waals surface area (Å²) >= 11 is 7.75. The van der Waals surface area contributed by atoms with Crippen molar-refractivity contribution in [2.24, 2.45) is 0 Å². The van der Waals surface area contributed by atoms with E-state index in [-0.39, 0.29) is 17.9 Å². The van der Waals surface area contributed by atoms with E-state index in [1.165, 1.54) is 0 Å². The maximum Gasteiger partial charge on any atom is 0.253 e. The molecule has 2 aromatic carbocycles. The summed E-state index contributed by atoms with van der Waals surface area (Å²) in [7, 11) is 0. The average molecular weight is 445 g/mol. The first-order valence-corrected chi connectivity index (χ1v) is 11.5. The van der Waals surface area contributed by atoms with Gasteiger partial charge < -0.3 is 15.1 Å². The van der Waals surface area contributed by atoms with E-state index in [0.29, 0.717) is 22.8 Å². The van der Waals surface area contributed by atoms with Crippen LogP contribution in [-0.2, 0) is 4.79 Å². The van der Waals surface area contributed by atoms with Crippen LogP contribution in [0.15, 0.2) is 52.9 Å². The van der Waals surface area contributed by atoms with Crippen LogP contribution in [0.2, 0.25) is 5.02 Å². The van der Waals surface area contributed by atoms with E-state index < -0.39 is 6.04 Å². The van der Waals surface area contributed by atoms with Crippen molar-refractivity contribution < 1.29 is 14.0 Å². The maximum atomic E-state index is 13.0. The second kappa shape index (κ2) is 10.0. The molecule has 30 heavy (non-hydrogen) atoms. The standard InChI is InChI=1S/C23H25ClN2O3S/c1-14-16-8-5-7-11-20(16)29-21(14)15(2)25-23(28)19(12-13-30-3)26-22(27)17-9-4-6-10-18(17)24/h4-11,15,19H,12-13H2,1-3H3,(H,25,28)(H,26,27). The highest BCUT2D eigenvalue weighted by Crippen LogP contribution is 2.29. The summed E-state index contributed by atoms with van der Waals surface area (Å²) in [5.41, 5.74) is 2.14. The summed E-state index contributed by atoms with van der Waals surface area (Å²) in [6.07, 6.45) is 2.47. The van der Waals surface area contributed by atoms with Crippen LogP contribution in [0.4, 0.5) is 0 Å². The number of furan rings is 1. The number of fused-ring (bicyclic) bond motifs is 1. The zero-order valence-electron chi connectivity index (χ0n) is 17.2. The lowest BCUT2D eigenvalue weighted by Gasteiger charge is -2.21. The van der Waals surface area contributed by atoms with Crippen LogP contribution >= 0.6 is 23.4 Å². The zero-order valence-corrected chi connectivity index (χ0v) is 18.8. The molecule has 0 radical (unpaired) electrons. The number of thioether (sulfide) groups is 1. The number of amides is 2. The lowest BCUT2D eigenvalue weighted by atomic mass is 10.1. The Balaban J connectivity index is 1.75. The average Bonchev–Trinajstić information content (AvgIpc) is 3.08. The first-order chi connectivity index (χ1) is 14.4. The van der Waals surface area contributed by atoms with Gasteiger partial charge >= 0.3 is 0 Å². The summed E-state index contributed by atoms with van der Waals surface area (Å²) in [4.78, 5) is 25.7. The van der Waals surface area contributed by atoms with E-state index in [9.17, 15) is 9.59 Å². The first kappa shape index (κ1) is 22.2. The maximum absolute atomic E-state index is 13.0. The molecule has 0 aliphatic rings. The fraction of sp³-hybridized carbons (Fsp3) is 0.304. The highest BCUT2D eigenvalue weighted by molar-refractivity contribution is 7.98. The summed E-state index contributed by atoms with van der Waals surface area (Å²) in [6.45, 7) is 3.86. The van der Waals surface area contributed by atoms with E-state index in [0.717, 1.165) is 22.3 Å². The Morgan fingerprint density at radius 1 is 1.10 bits per heavy atom. The van der Waals surface area contributed by atoms with Crippen molar-refractivity contribution in [1.29, 1.82) is 0 Å². The molecular formula is C23H25ClN2O3S. The molecule has 1 aromatic heterocycles. The SMILES string of the molecule is CSCCC(NC(=O)c1ccccc1Cl)C(=O)NC(C)c1oc2ccccc2c1C. The number of hydrogen-bond donors (Lipinski definition) is 2. The molecule has 2 atom stereocenters. The smallest absolute Gasteiger partial charge is 0.253 e. The summed E-state index contributed by atoms with van der Waals surface area (Å²) in [5, 5.41) is 7.20. The Morgan fingerprint density at radius 2 is 1.80 bits per heavy atom. The van der Waals surface area contributed by atoms with E-state index in [1.54, 1.807) is 36.0 Å². The second-order valence-corrected chi connectivity index (χ2v) is 8.50. The van der Waals surface area contributed by atoms with Crippen molar-refractivity contribution in [3.05, 3.63) is 70.4 Å². The minimum absolute atomic E-state index is 0.253. The largest absolute Gasteiger partial charge is 0.459 e. The Kier molecular flexibility index (Phi) is 7.45. The zero-order chi connectivity index (χ0) is 21.7. The van der Waals surface area contributed by atoms with Gasteiger partial charge in [0, 0.05) is 10.9 Å². The molecule has 1 heterocycles. The fourth-order valence-corrected chi connectivity index (χ4v) is 4.06. The third kappa shape index (κ3) is 4.99. The molecule has 0 saturated carbocycles. The van der Waals surface area contributed by atoms with Gasteiger partial charge in [-0.25, -0.2) is 0 Å². The van der Waals surface area contributed by atoms with Crippen molar-refractivity contribution in [3.63, 3.8) is 0 Å². The van der Waals surface area contributed by atoms with E-state index >= 15 is 0 Å². The molecule has 0 aliphatic heterocycles. The van der Waals surface area contributed by atoms with E-state index in [1.807, 2.05) is 44.4 Å². The lowest BCUT2D eigenvalue weighted by Crippen LogP contribution is -2.47. The quantitative estimate of drug-likeness (QED) is 0.505. The molecule has 0 aliphatic carbocycles. The van der Waals surface area contributed by atoms with Crippen LogP contribution in [0.25, 0.3) is 11.0 Å². The summed E-state index contributed by atoms with van der Waals surface area (Å²) in [5.74, 6) is 0.829. The van der Waals surface area contributed by atoms with Crippen LogP contribution < -0.4 is 10.6 Å². The highest BCUT2D eigenvalue weighted by atomic mass is 35.5. The minimum Gasteiger partial charge on any atom is -0.459 e. The Labute approximate surface area is 185 Å². The van der Waals surface area contributed by atoms with Crippen LogP contribution in [0.5, 0.6) is 0 Å². The van der Waals surface area contributed by atoms with Crippen molar-refractivity contribution in [2.45, 2.75) is 32.4 Å². The number of hydrogen-bond acceptors (Lipinski definition) is 4. The molecule has 2 amide bonds. The normalized spacial score (nSPS) is 13.1. The van der Waals surface area contributed by atoms with Crippen LogP contribution in [0.1, 0.15) is 41.1 Å². The molecule has 158 valence electrons. The number of para-hydroxylation sites is 1. The topological polar surface area (TPSA) is 71.3 Å². The molecule has 2 N–H and O–H groups in total. The third-order valence-corrected chi connectivity index (χ3v) is 5.96. The molecule has 3 rings (SSSR count). The van der Waals surface area contributed by atoms with Crippen molar-refractivity contribution >= 4 is 46.1 Å². The number of carbonyl (C=O) groups excluding carboxylic acids is 2. The fourth-order valence-electron chi connectivity index (χ4n) is 3.37. The van der Waals surface area contributed by atoms with Gasteiger partial charge in [-0.05, 0) is 50.5 Å². The van der Waals surface area contributed by atoms with Crippen LogP contribution in [0.3, 0.4) is 0 Å². The second-order valence-electron chi connectivity index (χ2n) is 7.11. The molecular weight excluding hydrogens is 420 g/mol. The van der Waals surface area contributed by atoms with Gasteiger partial charge in [-0.1, -0.05) is 41.9 Å². The number of rotatable bonds is 8. The molecule has 0 spiro atoms. The van der Waals surface area contributed by atoms with Gasteiger partial charge in [-0.15, -0.1) is 0 Å². The molecule has 0 saturated heterocycles. The monoisotopic (exact) mass is 444 g/mol. The molecule has 0 fully saturated rings. The Hall–Kier alpha value is -2.44. The van der Waals surface area contributed by atoms with Gasteiger partial charge in [0.1, 0.15) is 17.4 Å². The molecule has 7 heteroatoms. The number of carbonyl (C=O) groups is 2. The predicted octanol–water partition coefficient (Wildman–Crippen LogP) is 5.12. The van der Waals surface area contributed by atoms with Crippen LogP contribution in [0, 0.1) is 6.92 Å².